The first-order valence-corrected chi connectivity index (χ1v) is 10.1. The Hall–Kier alpha value is -2.73. The minimum absolute atomic E-state index is 0.0144. The van der Waals surface area contributed by atoms with E-state index in [9.17, 15) is 4.79 Å². The van der Waals surface area contributed by atoms with Gasteiger partial charge in [-0.1, -0.05) is 12.1 Å². The topological polar surface area (TPSA) is 60.0 Å². The number of hydrogen-bond acceptors (Lipinski definition) is 5. The van der Waals surface area contributed by atoms with Gasteiger partial charge in [-0.3, -0.25) is 9.69 Å². The van der Waals surface area contributed by atoms with Crippen molar-refractivity contribution in [3.8, 4) is 17.2 Å². The van der Waals surface area contributed by atoms with Gasteiger partial charge in [-0.2, -0.15) is 0 Å². The molecule has 3 rings (SSSR count). The molecule has 1 saturated heterocycles. The summed E-state index contributed by atoms with van der Waals surface area (Å²) in [6.45, 7) is 4.31. The van der Waals surface area contributed by atoms with Crippen molar-refractivity contribution in [3.05, 3.63) is 53.6 Å². The average Bonchev–Trinajstić information content (AvgIpc) is 3.20. The zero-order valence-corrected chi connectivity index (χ0v) is 17.4. The van der Waals surface area contributed by atoms with Crippen LogP contribution in [0.4, 0.5) is 0 Å². The molecule has 1 aliphatic heterocycles. The fourth-order valence-corrected chi connectivity index (χ4v) is 3.82. The van der Waals surface area contributed by atoms with Crippen molar-refractivity contribution >= 4 is 5.91 Å². The molecule has 0 spiro atoms. The van der Waals surface area contributed by atoms with E-state index in [1.807, 2.05) is 49.4 Å². The maximum Gasteiger partial charge on any atom is 0.234 e. The molecule has 2 aromatic rings. The predicted molar refractivity (Wildman–Crippen MR) is 113 cm³/mol. The molecule has 29 heavy (non-hydrogen) atoms. The van der Waals surface area contributed by atoms with Crippen molar-refractivity contribution in [1.29, 1.82) is 0 Å². The Labute approximate surface area is 172 Å². The molecular formula is C23H30N2O4. The number of amides is 1. The van der Waals surface area contributed by atoms with Crippen molar-refractivity contribution in [2.45, 2.75) is 32.4 Å². The number of methoxy groups -OCH3 is 2. The second-order valence-corrected chi connectivity index (χ2v) is 7.09. The van der Waals surface area contributed by atoms with Gasteiger partial charge >= 0.3 is 0 Å². The van der Waals surface area contributed by atoms with Crippen molar-refractivity contribution in [1.82, 2.24) is 10.2 Å². The Bertz CT molecular complexity index is 824. The second-order valence-electron chi connectivity index (χ2n) is 7.09. The SMILES string of the molecule is CCOc1cccc(CNC(=O)CN2CCCC2c2cc(OC)ccc2OC)c1. The Kier molecular flexibility index (Phi) is 7.36. The number of ether oxygens (including phenoxy) is 3. The number of likely N-dealkylation sites (tertiary alicyclic amines) is 1. The summed E-state index contributed by atoms with van der Waals surface area (Å²) in [4.78, 5) is 14.8. The van der Waals surface area contributed by atoms with E-state index in [1.165, 1.54) is 0 Å². The van der Waals surface area contributed by atoms with Crippen LogP contribution in [0.15, 0.2) is 42.5 Å². The molecule has 1 aliphatic rings. The molecule has 6 heteroatoms. The van der Waals surface area contributed by atoms with E-state index in [-0.39, 0.29) is 11.9 Å². The molecule has 0 radical (unpaired) electrons. The number of carbonyl (C=O) groups excluding carboxylic acids is 1. The van der Waals surface area contributed by atoms with E-state index in [4.69, 9.17) is 14.2 Å². The van der Waals surface area contributed by atoms with Crippen LogP contribution in [0.5, 0.6) is 17.2 Å². The third-order valence-corrected chi connectivity index (χ3v) is 5.21. The first-order chi connectivity index (χ1) is 14.1. The Balaban J connectivity index is 1.62. The van der Waals surface area contributed by atoms with Crippen molar-refractivity contribution in [3.63, 3.8) is 0 Å². The summed E-state index contributed by atoms with van der Waals surface area (Å²) in [6, 6.07) is 13.8. The van der Waals surface area contributed by atoms with E-state index in [0.29, 0.717) is 19.7 Å². The van der Waals surface area contributed by atoms with Crippen molar-refractivity contribution in [2.24, 2.45) is 0 Å². The van der Waals surface area contributed by atoms with Gasteiger partial charge in [0.1, 0.15) is 17.2 Å². The van der Waals surface area contributed by atoms with Crippen molar-refractivity contribution < 1.29 is 19.0 Å². The monoisotopic (exact) mass is 398 g/mol. The van der Waals surface area contributed by atoms with Gasteiger partial charge in [0, 0.05) is 18.2 Å². The number of benzene rings is 2. The molecule has 0 bridgehead atoms. The smallest absolute Gasteiger partial charge is 0.234 e. The molecule has 0 saturated carbocycles. The third kappa shape index (κ3) is 5.41. The van der Waals surface area contributed by atoms with Gasteiger partial charge in [0.2, 0.25) is 5.91 Å². The number of carbonyl (C=O) groups is 1. The lowest BCUT2D eigenvalue weighted by atomic mass is 10.0. The number of rotatable bonds is 9. The number of hydrogen-bond donors (Lipinski definition) is 1. The molecule has 1 amide bonds. The van der Waals surface area contributed by atoms with Crippen LogP contribution in [0.3, 0.4) is 0 Å². The third-order valence-electron chi connectivity index (χ3n) is 5.21. The zero-order valence-electron chi connectivity index (χ0n) is 17.4. The highest BCUT2D eigenvalue weighted by Crippen LogP contribution is 2.38. The normalized spacial score (nSPS) is 16.4. The first kappa shape index (κ1) is 21.0. The van der Waals surface area contributed by atoms with E-state index in [1.54, 1.807) is 14.2 Å². The summed E-state index contributed by atoms with van der Waals surface area (Å²) < 4.78 is 16.5. The summed E-state index contributed by atoms with van der Waals surface area (Å²) in [5.41, 5.74) is 2.10. The van der Waals surface area contributed by atoms with Crippen LogP contribution >= 0.6 is 0 Å². The van der Waals surface area contributed by atoms with Gasteiger partial charge in [0.15, 0.2) is 0 Å². The van der Waals surface area contributed by atoms with Gasteiger partial charge in [-0.15, -0.1) is 0 Å². The van der Waals surface area contributed by atoms with Crippen LogP contribution in [-0.4, -0.2) is 44.7 Å². The van der Waals surface area contributed by atoms with Crippen LogP contribution in [0, 0.1) is 0 Å². The van der Waals surface area contributed by atoms with E-state index in [0.717, 1.165) is 47.8 Å². The van der Waals surface area contributed by atoms with Crippen LogP contribution in [-0.2, 0) is 11.3 Å². The van der Waals surface area contributed by atoms with Gasteiger partial charge in [0.25, 0.3) is 0 Å². The summed E-state index contributed by atoms with van der Waals surface area (Å²) in [6.07, 6.45) is 2.04. The molecule has 0 aliphatic carbocycles. The molecular weight excluding hydrogens is 368 g/mol. The first-order valence-electron chi connectivity index (χ1n) is 10.1. The van der Waals surface area contributed by atoms with E-state index >= 15 is 0 Å². The van der Waals surface area contributed by atoms with Crippen LogP contribution < -0.4 is 19.5 Å². The number of nitrogens with one attached hydrogen (secondary N) is 1. The maximum absolute atomic E-state index is 12.6. The molecule has 1 N–H and O–H groups in total. The van der Waals surface area contributed by atoms with Crippen LogP contribution in [0.25, 0.3) is 0 Å². The second kappa shape index (κ2) is 10.2. The number of nitrogens with zero attached hydrogens (tertiary/aromatic N) is 1. The lowest BCUT2D eigenvalue weighted by molar-refractivity contribution is -0.122. The Morgan fingerprint density at radius 2 is 2.00 bits per heavy atom. The average molecular weight is 399 g/mol. The summed E-state index contributed by atoms with van der Waals surface area (Å²) in [5, 5.41) is 3.03. The summed E-state index contributed by atoms with van der Waals surface area (Å²) >= 11 is 0. The van der Waals surface area contributed by atoms with E-state index in [2.05, 4.69) is 10.2 Å². The lowest BCUT2D eigenvalue weighted by Gasteiger charge is -2.26. The highest BCUT2D eigenvalue weighted by atomic mass is 16.5. The Morgan fingerprint density at radius 3 is 2.76 bits per heavy atom. The summed E-state index contributed by atoms with van der Waals surface area (Å²) in [7, 11) is 3.33. The molecule has 6 nitrogen and oxygen atoms in total. The zero-order chi connectivity index (χ0) is 20.6. The molecule has 1 fully saturated rings. The van der Waals surface area contributed by atoms with Gasteiger partial charge < -0.3 is 19.5 Å². The molecule has 156 valence electrons. The van der Waals surface area contributed by atoms with E-state index < -0.39 is 0 Å². The minimum Gasteiger partial charge on any atom is -0.497 e. The van der Waals surface area contributed by atoms with Crippen molar-refractivity contribution in [2.75, 3.05) is 33.9 Å². The molecule has 1 atom stereocenters. The van der Waals surface area contributed by atoms with Crippen LogP contribution in [0.1, 0.15) is 36.9 Å². The molecule has 2 aromatic carbocycles. The minimum atomic E-state index is 0.0144. The predicted octanol–water partition coefficient (Wildman–Crippen LogP) is 3.56. The van der Waals surface area contributed by atoms with Gasteiger partial charge in [-0.05, 0) is 62.2 Å². The van der Waals surface area contributed by atoms with Crippen LogP contribution in [0.2, 0.25) is 0 Å². The Morgan fingerprint density at radius 1 is 1.14 bits per heavy atom. The van der Waals surface area contributed by atoms with Gasteiger partial charge in [0.05, 0.1) is 27.4 Å². The highest BCUT2D eigenvalue weighted by Gasteiger charge is 2.30. The fourth-order valence-electron chi connectivity index (χ4n) is 3.82. The molecule has 1 unspecified atom stereocenters. The fraction of sp³-hybridized carbons (Fsp3) is 0.435. The lowest BCUT2D eigenvalue weighted by Crippen LogP contribution is -2.36. The quantitative estimate of drug-likeness (QED) is 0.700. The van der Waals surface area contributed by atoms with Gasteiger partial charge in [-0.25, -0.2) is 0 Å². The molecule has 1 heterocycles. The highest BCUT2D eigenvalue weighted by molar-refractivity contribution is 5.78. The largest absolute Gasteiger partial charge is 0.497 e. The summed E-state index contributed by atoms with van der Waals surface area (Å²) in [5.74, 6) is 2.46. The maximum atomic E-state index is 12.6. The molecule has 0 aromatic heterocycles. The standard InChI is InChI=1S/C23H30N2O4/c1-4-29-19-8-5-7-17(13-19)15-24-23(26)16-25-12-6-9-21(25)20-14-18(27-2)10-11-22(20)28-3/h5,7-8,10-11,13-14,21H,4,6,9,12,15-16H2,1-3H3,(H,24,26).